The van der Waals surface area contributed by atoms with E-state index in [-0.39, 0.29) is 0 Å². The van der Waals surface area contributed by atoms with Crippen molar-refractivity contribution in [3.05, 3.63) is 36.0 Å². The van der Waals surface area contributed by atoms with E-state index in [2.05, 4.69) is 61.2 Å². The van der Waals surface area contributed by atoms with E-state index in [0.29, 0.717) is 6.04 Å². The smallest absolute Gasteiger partial charge is 0.0481 e. The van der Waals surface area contributed by atoms with E-state index >= 15 is 0 Å². The van der Waals surface area contributed by atoms with Crippen LogP contribution in [0.3, 0.4) is 0 Å². The molecule has 1 heterocycles. The number of hydrogen-bond donors (Lipinski definition) is 1. The van der Waals surface area contributed by atoms with Gasteiger partial charge in [-0.1, -0.05) is 25.1 Å². The van der Waals surface area contributed by atoms with Gasteiger partial charge in [-0.25, -0.2) is 0 Å². The monoisotopic (exact) mass is 216 g/mol. The number of benzene rings is 1. The average molecular weight is 216 g/mol. The van der Waals surface area contributed by atoms with Crippen LogP contribution in [0.25, 0.3) is 10.9 Å². The number of aromatic nitrogens is 1. The van der Waals surface area contributed by atoms with Crippen molar-refractivity contribution >= 4 is 10.9 Å². The van der Waals surface area contributed by atoms with E-state index in [9.17, 15) is 0 Å². The molecule has 0 amide bonds. The zero-order valence-electron chi connectivity index (χ0n) is 10.3. The first-order chi connectivity index (χ1) is 7.72. The lowest BCUT2D eigenvalue weighted by atomic mass is 10.1. The van der Waals surface area contributed by atoms with Crippen molar-refractivity contribution in [2.75, 3.05) is 0 Å². The SMILES string of the molecule is CC[C@H](C)NCc1cn(C)c2ccccc12. The molecule has 0 spiro atoms. The van der Waals surface area contributed by atoms with Crippen molar-refractivity contribution in [1.82, 2.24) is 9.88 Å². The summed E-state index contributed by atoms with van der Waals surface area (Å²) in [5.74, 6) is 0. The summed E-state index contributed by atoms with van der Waals surface area (Å²) >= 11 is 0. The Kier molecular flexibility index (Phi) is 3.30. The first-order valence-corrected chi connectivity index (χ1v) is 5.98. The zero-order chi connectivity index (χ0) is 11.5. The van der Waals surface area contributed by atoms with E-state index in [0.717, 1.165) is 6.54 Å². The molecular weight excluding hydrogens is 196 g/mol. The number of hydrogen-bond acceptors (Lipinski definition) is 1. The zero-order valence-corrected chi connectivity index (χ0v) is 10.3. The molecule has 1 aromatic carbocycles. The van der Waals surface area contributed by atoms with Crippen molar-refractivity contribution in [2.45, 2.75) is 32.9 Å². The van der Waals surface area contributed by atoms with Crippen LogP contribution in [0.4, 0.5) is 0 Å². The van der Waals surface area contributed by atoms with Gasteiger partial charge in [0.1, 0.15) is 0 Å². The molecule has 0 aliphatic rings. The molecule has 86 valence electrons. The molecule has 0 saturated carbocycles. The molecule has 0 bridgehead atoms. The highest BCUT2D eigenvalue weighted by molar-refractivity contribution is 5.83. The van der Waals surface area contributed by atoms with Gasteiger partial charge in [0.05, 0.1) is 0 Å². The summed E-state index contributed by atoms with van der Waals surface area (Å²) in [6.07, 6.45) is 3.39. The van der Waals surface area contributed by atoms with Gasteiger partial charge >= 0.3 is 0 Å². The van der Waals surface area contributed by atoms with Gasteiger partial charge in [0, 0.05) is 36.7 Å². The number of para-hydroxylation sites is 1. The summed E-state index contributed by atoms with van der Waals surface area (Å²) in [5.41, 5.74) is 2.70. The Bertz CT molecular complexity index is 471. The Morgan fingerprint density at radius 2 is 2.06 bits per heavy atom. The average Bonchev–Trinajstić information content (AvgIpc) is 2.64. The summed E-state index contributed by atoms with van der Waals surface area (Å²) in [5, 5.41) is 4.90. The second-order valence-corrected chi connectivity index (χ2v) is 4.47. The minimum atomic E-state index is 0.582. The molecule has 0 fully saturated rings. The first kappa shape index (κ1) is 11.2. The fraction of sp³-hybridized carbons (Fsp3) is 0.429. The second-order valence-electron chi connectivity index (χ2n) is 4.47. The molecule has 0 aliphatic heterocycles. The lowest BCUT2D eigenvalue weighted by molar-refractivity contribution is 0.535. The highest BCUT2D eigenvalue weighted by atomic mass is 14.9. The second kappa shape index (κ2) is 4.71. The van der Waals surface area contributed by atoms with Gasteiger partial charge < -0.3 is 9.88 Å². The van der Waals surface area contributed by atoms with Gasteiger partial charge in [0.15, 0.2) is 0 Å². The third kappa shape index (κ3) is 2.12. The van der Waals surface area contributed by atoms with Crippen LogP contribution < -0.4 is 5.32 Å². The summed E-state index contributed by atoms with van der Waals surface area (Å²) in [6.45, 7) is 5.39. The molecule has 1 atom stereocenters. The van der Waals surface area contributed by atoms with Gasteiger partial charge in [0.2, 0.25) is 0 Å². The summed E-state index contributed by atoms with van der Waals surface area (Å²) < 4.78 is 2.20. The molecule has 2 rings (SSSR count). The van der Waals surface area contributed by atoms with Crippen molar-refractivity contribution in [2.24, 2.45) is 7.05 Å². The molecule has 0 unspecified atom stereocenters. The molecule has 0 radical (unpaired) electrons. The minimum absolute atomic E-state index is 0.582. The number of aryl methyl sites for hydroxylation is 1. The fourth-order valence-electron chi connectivity index (χ4n) is 1.99. The Balaban J connectivity index is 2.24. The normalized spacial score (nSPS) is 13.2. The highest BCUT2D eigenvalue weighted by Gasteiger charge is 2.06. The first-order valence-electron chi connectivity index (χ1n) is 5.98. The molecular formula is C14H20N2. The quantitative estimate of drug-likeness (QED) is 0.831. The van der Waals surface area contributed by atoms with Crippen molar-refractivity contribution in [1.29, 1.82) is 0 Å². The predicted octanol–water partition coefficient (Wildman–Crippen LogP) is 3.07. The summed E-state index contributed by atoms with van der Waals surface area (Å²) in [7, 11) is 2.11. The maximum Gasteiger partial charge on any atom is 0.0481 e. The van der Waals surface area contributed by atoms with Gasteiger partial charge in [-0.3, -0.25) is 0 Å². The minimum Gasteiger partial charge on any atom is -0.350 e. The predicted molar refractivity (Wildman–Crippen MR) is 69.5 cm³/mol. The van der Waals surface area contributed by atoms with Crippen LogP contribution in [0.2, 0.25) is 0 Å². The van der Waals surface area contributed by atoms with Crippen LogP contribution >= 0.6 is 0 Å². The Hall–Kier alpha value is -1.28. The Labute approximate surface area is 97.3 Å². The lowest BCUT2D eigenvalue weighted by Crippen LogP contribution is -2.24. The van der Waals surface area contributed by atoms with Crippen LogP contribution in [0, 0.1) is 0 Å². The van der Waals surface area contributed by atoms with Crippen molar-refractivity contribution < 1.29 is 0 Å². The fourth-order valence-corrected chi connectivity index (χ4v) is 1.99. The summed E-state index contributed by atoms with van der Waals surface area (Å²) in [6, 6.07) is 9.15. The van der Waals surface area contributed by atoms with Crippen molar-refractivity contribution in [3.8, 4) is 0 Å². The number of nitrogens with zero attached hydrogens (tertiary/aromatic N) is 1. The number of rotatable bonds is 4. The molecule has 1 aromatic heterocycles. The Morgan fingerprint density at radius 3 is 2.81 bits per heavy atom. The number of nitrogens with one attached hydrogen (secondary N) is 1. The Morgan fingerprint density at radius 1 is 1.31 bits per heavy atom. The highest BCUT2D eigenvalue weighted by Crippen LogP contribution is 2.20. The maximum atomic E-state index is 3.54. The molecule has 0 saturated heterocycles. The van der Waals surface area contributed by atoms with Crippen LogP contribution in [-0.2, 0) is 13.6 Å². The topological polar surface area (TPSA) is 17.0 Å². The third-order valence-corrected chi connectivity index (χ3v) is 3.23. The van der Waals surface area contributed by atoms with Crippen LogP contribution in [0.15, 0.2) is 30.5 Å². The van der Waals surface area contributed by atoms with Crippen molar-refractivity contribution in [3.63, 3.8) is 0 Å². The van der Waals surface area contributed by atoms with E-state index in [1.54, 1.807) is 0 Å². The van der Waals surface area contributed by atoms with Gasteiger partial charge in [-0.05, 0) is 25.0 Å². The van der Waals surface area contributed by atoms with Crippen LogP contribution in [-0.4, -0.2) is 10.6 Å². The molecule has 16 heavy (non-hydrogen) atoms. The van der Waals surface area contributed by atoms with E-state index in [1.807, 2.05) is 0 Å². The van der Waals surface area contributed by atoms with Crippen LogP contribution in [0.1, 0.15) is 25.8 Å². The summed E-state index contributed by atoms with van der Waals surface area (Å²) in [4.78, 5) is 0. The molecule has 1 N–H and O–H groups in total. The molecule has 2 heteroatoms. The molecule has 0 aliphatic carbocycles. The largest absolute Gasteiger partial charge is 0.350 e. The molecule has 2 aromatic rings. The van der Waals surface area contributed by atoms with E-state index in [1.165, 1.54) is 22.9 Å². The van der Waals surface area contributed by atoms with E-state index in [4.69, 9.17) is 0 Å². The van der Waals surface area contributed by atoms with Gasteiger partial charge in [-0.2, -0.15) is 0 Å². The maximum absolute atomic E-state index is 3.54. The van der Waals surface area contributed by atoms with E-state index < -0.39 is 0 Å². The van der Waals surface area contributed by atoms with Crippen LogP contribution in [0.5, 0.6) is 0 Å². The van der Waals surface area contributed by atoms with Gasteiger partial charge in [0.25, 0.3) is 0 Å². The lowest BCUT2D eigenvalue weighted by Gasteiger charge is -2.10. The standard InChI is InChI=1S/C14H20N2/c1-4-11(2)15-9-12-10-16(3)14-8-6-5-7-13(12)14/h5-8,10-11,15H,4,9H2,1-3H3/t11-/m0/s1. The molecule has 2 nitrogen and oxygen atoms in total. The number of fused-ring (bicyclic) bond motifs is 1. The van der Waals surface area contributed by atoms with Gasteiger partial charge in [-0.15, -0.1) is 0 Å². The third-order valence-electron chi connectivity index (χ3n) is 3.23.